The van der Waals surface area contributed by atoms with Crippen LogP contribution in [-0.2, 0) is 0 Å². The molecule has 88 valence electrons. The Hall–Kier alpha value is -0.510. The van der Waals surface area contributed by atoms with E-state index in [9.17, 15) is 18.3 Å². The molecule has 0 aromatic carbocycles. The number of hydrogen-bond acceptors (Lipinski definition) is 1. The van der Waals surface area contributed by atoms with Crippen molar-refractivity contribution in [3.05, 3.63) is 12.2 Å². The predicted octanol–water partition coefficient (Wildman–Crippen LogP) is 3.29. The molecule has 0 bridgehead atoms. The van der Waals surface area contributed by atoms with Crippen LogP contribution in [0.25, 0.3) is 0 Å². The van der Waals surface area contributed by atoms with E-state index in [0.29, 0.717) is 12.0 Å². The van der Waals surface area contributed by atoms with Gasteiger partial charge in [-0.25, -0.2) is 0 Å². The number of aliphatic hydroxyl groups is 1. The van der Waals surface area contributed by atoms with Crippen LogP contribution in [0, 0.1) is 11.8 Å². The van der Waals surface area contributed by atoms with E-state index in [-0.39, 0.29) is 12.3 Å². The summed E-state index contributed by atoms with van der Waals surface area (Å²) in [4.78, 5) is 0. The Kier molecular flexibility index (Phi) is 3.19. The van der Waals surface area contributed by atoms with Gasteiger partial charge in [0.25, 0.3) is 0 Å². The predicted molar refractivity (Wildman–Crippen MR) is 52.3 cm³/mol. The van der Waals surface area contributed by atoms with Crippen LogP contribution in [0.5, 0.6) is 0 Å². The summed E-state index contributed by atoms with van der Waals surface area (Å²) in [5, 5.41) is 9.82. The van der Waals surface area contributed by atoms with Gasteiger partial charge in [0, 0.05) is 5.92 Å². The molecule has 1 N–H and O–H groups in total. The Morgan fingerprint density at radius 2 is 1.93 bits per heavy atom. The molecule has 0 aromatic rings. The largest absolute Gasteiger partial charge is 0.417 e. The number of halogens is 3. The first-order valence-electron chi connectivity index (χ1n) is 5.13. The van der Waals surface area contributed by atoms with E-state index in [4.69, 9.17) is 0 Å². The first-order chi connectivity index (χ1) is 6.68. The van der Waals surface area contributed by atoms with Gasteiger partial charge in [0.15, 0.2) is 5.60 Å². The minimum atomic E-state index is -4.56. The molecule has 0 spiro atoms. The molecule has 0 aliphatic heterocycles. The molecule has 15 heavy (non-hydrogen) atoms. The van der Waals surface area contributed by atoms with Crippen molar-refractivity contribution in [3.63, 3.8) is 0 Å². The number of alkyl halides is 3. The highest BCUT2D eigenvalue weighted by atomic mass is 19.4. The number of rotatable bonds is 1. The van der Waals surface area contributed by atoms with Crippen LogP contribution >= 0.6 is 0 Å². The zero-order valence-corrected chi connectivity index (χ0v) is 9.06. The van der Waals surface area contributed by atoms with Gasteiger partial charge in [0.05, 0.1) is 0 Å². The van der Waals surface area contributed by atoms with E-state index >= 15 is 0 Å². The van der Waals surface area contributed by atoms with E-state index in [1.165, 1.54) is 0 Å². The van der Waals surface area contributed by atoms with Crippen LogP contribution in [0.15, 0.2) is 12.2 Å². The van der Waals surface area contributed by atoms with Gasteiger partial charge in [-0.1, -0.05) is 19.1 Å². The maximum atomic E-state index is 12.8. The second-order valence-electron chi connectivity index (χ2n) is 4.71. The van der Waals surface area contributed by atoms with Crippen LogP contribution in [-0.4, -0.2) is 16.9 Å². The van der Waals surface area contributed by atoms with Crippen molar-refractivity contribution in [2.45, 2.75) is 44.9 Å². The molecule has 1 rings (SSSR count). The minimum Gasteiger partial charge on any atom is -0.380 e. The molecule has 3 atom stereocenters. The molecule has 0 saturated heterocycles. The average Bonchev–Trinajstić information content (AvgIpc) is 2.00. The molecule has 4 heteroatoms. The van der Waals surface area contributed by atoms with E-state index in [2.05, 4.69) is 6.58 Å². The van der Waals surface area contributed by atoms with Gasteiger partial charge in [-0.2, -0.15) is 13.2 Å². The number of hydrogen-bond donors (Lipinski definition) is 1. The molecule has 0 radical (unpaired) electrons. The Labute approximate surface area is 88.0 Å². The molecule has 1 unspecified atom stereocenters. The van der Waals surface area contributed by atoms with E-state index in [1.807, 2.05) is 0 Å². The summed E-state index contributed by atoms with van der Waals surface area (Å²) in [6.07, 6.45) is -3.69. The Morgan fingerprint density at radius 1 is 1.40 bits per heavy atom. The van der Waals surface area contributed by atoms with Crippen LogP contribution in [0.1, 0.15) is 33.1 Å². The maximum absolute atomic E-state index is 12.8. The molecular formula is C11H17F3O. The summed E-state index contributed by atoms with van der Waals surface area (Å²) in [6, 6.07) is 0. The summed E-state index contributed by atoms with van der Waals surface area (Å²) < 4.78 is 38.5. The monoisotopic (exact) mass is 222 g/mol. The van der Waals surface area contributed by atoms with Gasteiger partial charge in [-0.15, -0.1) is 0 Å². The lowest BCUT2D eigenvalue weighted by molar-refractivity contribution is -0.287. The molecular weight excluding hydrogens is 205 g/mol. The molecule has 1 saturated carbocycles. The third-order valence-electron chi connectivity index (χ3n) is 3.27. The van der Waals surface area contributed by atoms with Crippen molar-refractivity contribution in [1.29, 1.82) is 0 Å². The Balaban J connectivity index is 3.02. The first kappa shape index (κ1) is 12.6. The smallest absolute Gasteiger partial charge is 0.380 e. The molecule has 1 fully saturated rings. The van der Waals surface area contributed by atoms with Gasteiger partial charge >= 0.3 is 6.18 Å². The fourth-order valence-corrected chi connectivity index (χ4v) is 2.43. The maximum Gasteiger partial charge on any atom is 0.417 e. The van der Waals surface area contributed by atoms with Gasteiger partial charge in [-0.3, -0.25) is 0 Å². The SMILES string of the molecule is C=C(C)[C@@H]1CC[C@@H](C)CC1(O)C(F)(F)F. The lowest BCUT2D eigenvalue weighted by Crippen LogP contribution is -2.54. The topological polar surface area (TPSA) is 20.2 Å². The Morgan fingerprint density at radius 3 is 2.33 bits per heavy atom. The van der Waals surface area contributed by atoms with Crippen LogP contribution in [0.2, 0.25) is 0 Å². The highest BCUT2D eigenvalue weighted by Gasteiger charge is 2.59. The van der Waals surface area contributed by atoms with Gasteiger partial charge in [0.2, 0.25) is 0 Å². The minimum absolute atomic E-state index is 0.0905. The lowest BCUT2D eigenvalue weighted by Gasteiger charge is -2.43. The van der Waals surface area contributed by atoms with Crippen LogP contribution in [0.3, 0.4) is 0 Å². The second kappa shape index (κ2) is 3.81. The highest BCUT2D eigenvalue weighted by Crippen LogP contribution is 2.49. The Bertz CT molecular complexity index is 259. The molecule has 1 aliphatic carbocycles. The van der Waals surface area contributed by atoms with E-state index in [1.54, 1.807) is 13.8 Å². The van der Waals surface area contributed by atoms with Crippen molar-refractivity contribution in [1.82, 2.24) is 0 Å². The summed E-state index contributed by atoms with van der Waals surface area (Å²) in [6.45, 7) is 6.85. The van der Waals surface area contributed by atoms with Gasteiger partial charge < -0.3 is 5.11 Å². The molecule has 0 amide bonds. The van der Waals surface area contributed by atoms with Crippen molar-refractivity contribution in [2.24, 2.45) is 11.8 Å². The molecule has 1 aliphatic rings. The summed E-state index contributed by atoms with van der Waals surface area (Å²) in [5.41, 5.74) is -2.15. The second-order valence-corrected chi connectivity index (χ2v) is 4.71. The normalized spacial score (nSPS) is 37.7. The van der Waals surface area contributed by atoms with Crippen LogP contribution < -0.4 is 0 Å². The first-order valence-corrected chi connectivity index (χ1v) is 5.13. The zero-order chi connectivity index (χ0) is 11.9. The fourth-order valence-electron chi connectivity index (χ4n) is 2.43. The van der Waals surface area contributed by atoms with E-state index < -0.39 is 17.7 Å². The molecule has 0 heterocycles. The van der Waals surface area contributed by atoms with Gasteiger partial charge in [-0.05, 0) is 32.1 Å². The third kappa shape index (κ3) is 2.19. The van der Waals surface area contributed by atoms with Crippen molar-refractivity contribution >= 4 is 0 Å². The standard InChI is InChI=1S/C11H17F3O/c1-7(2)9-5-4-8(3)6-10(9,15)11(12,13)14/h8-9,15H,1,4-6H2,2-3H3/t8-,9+,10?/m1/s1. The van der Waals surface area contributed by atoms with Crippen molar-refractivity contribution in [2.75, 3.05) is 0 Å². The lowest BCUT2D eigenvalue weighted by atomic mass is 9.68. The zero-order valence-electron chi connectivity index (χ0n) is 9.06. The summed E-state index contributed by atoms with van der Waals surface area (Å²) in [7, 11) is 0. The van der Waals surface area contributed by atoms with Crippen molar-refractivity contribution in [3.8, 4) is 0 Å². The summed E-state index contributed by atoms with van der Waals surface area (Å²) >= 11 is 0. The van der Waals surface area contributed by atoms with Crippen molar-refractivity contribution < 1.29 is 18.3 Å². The quantitative estimate of drug-likeness (QED) is 0.675. The fraction of sp³-hybridized carbons (Fsp3) is 0.818. The summed E-state index contributed by atoms with van der Waals surface area (Å²) in [5.74, 6) is -0.944. The molecule has 1 nitrogen and oxygen atoms in total. The van der Waals surface area contributed by atoms with E-state index in [0.717, 1.165) is 6.42 Å². The van der Waals surface area contributed by atoms with Crippen LogP contribution in [0.4, 0.5) is 13.2 Å². The highest BCUT2D eigenvalue weighted by molar-refractivity contribution is 5.11. The third-order valence-corrected chi connectivity index (χ3v) is 3.27. The molecule has 0 aromatic heterocycles. The average molecular weight is 222 g/mol. The van der Waals surface area contributed by atoms with Gasteiger partial charge in [0.1, 0.15) is 0 Å².